The molecule has 0 saturated carbocycles. The van der Waals surface area contributed by atoms with Crippen molar-refractivity contribution in [1.82, 2.24) is 10.3 Å². The minimum atomic E-state index is -0.290. The molecule has 0 aliphatic rings. The lowest BCUT2D eigenvalue weighted by atomic mass is 10.1. The van der Waals surface area contributed by atoms with Crippen LogP contribution in [0.1, 0.15) is 25.5 Å². The van der Waals surface area contributed by atoms with Crippen molar-refractivity contribution in [3.05, 3.63) is 53.1 Å². The van der Waals surface area contributed by atoms with Gasteiger partial charge in [-0.15, -0.1) is 0 Å². The molecule has 1 N–H and O–H groups in total. The van der Waals surface area contributed by atoms with Gasteiger partial charge >= 0.3 is 0 Å². The molecule has 0 spiro atoms. The number of rotatable bonds is 5. The molecule has 2 aromatic rings. The van der Waals surface area contributed by atoms with Gasteiger partial charge in [-0.05, 0) is 31.7 Å². The van der Waals surface area contributed by atoms with Crippen molar-refractivity contribution in [3.8, 4) is 11.5 Å². The molecule has 1 unspecified atom stereocenters. The molecule has 1 aromatic carbocycles. The molecule has 0 fully saturated rings. The molecular weight excluding hydrogens is 279 g/mol. The standard InChI is InChI=1S/C15H16ClFN2O/c1-3-19-10(2)14-7-12(17)4-5-15(14)20-13-6-11(16)8-18-9-13/h4-10,19H,3H2,1-2H3. The van der Waals surface area contributed by atoms with Gasteiger partial charge in [-0.3, -0.25) is 4.98 Å². The van der Waals surface area contributed by atoms with E-state index < -0.39 is 0 Å². The van der Waals surface area contributed by atoms with E-state index in [0.29, 0.717) is 16.5 Å². The van der Waals surface area contributed by atoms with Gasteiger partial charge in [-0.25, -0.2) is 4.39 Å². The topological polar surface area (TPSA) is 34.1 Å². The quantitative estimate of drug-likeness (QED) is 0.891. The van der Waals surface area contributed by atoms with Crippen LogP contribution in [0.2, 0.25) is 5.02 Å². The Morgan fingerprint density at radius 3 is 2.85 bits per heavy atom. The monoisotopic (exact) mass is 294 g/mol. The second kappa shape index (κ2) is 6.68. The third-order valence-corrected chi connectivity index (χ3v) is 3.06. The van der Waals surface area contributed by atoms with Crippen LogP contribution in [0.3, 0.4) is 0 Å². The molecule has 1 heterocycles. The van der Waals surface area contributed by atoms with E-state index in [4.69, 9.17) is 16.3 Å². The molecule has 0 aliphatic carbocycles. The summed E-state index contributed by atoms with van der Waals surface area (Å²) < 4.78 is 19.2. The van der Waals surface area contributed by atoms with Crippen LogP contribution in [0.25, 0.3) is 0 Å². The SMILES string of the molecule is CCNC(C)c1cc(F)ccc1Oc1cncc(Cl)c1. The summed E-state index contributed by atoms with van der Waals surface area (Å²) in [5, 5.41) is 3.73. The largest absolute Gasteiger partial charge is 0.455 e. The highest BCUT2D eigenvalue weighted by Gasteiger charge is 2.13. The van der Waals surface area contributed by atoms with Crippen molar-refractivity contribution in [3.63, 3.8) is 0 Å². The van der Waals surface area contributed by atoms with E-state index in [1.54, 1.807) is 18.3 Å². The summed E-state index contributed by atoms with van der Waals surface area (Å²) in [6.07, 6.45) is 3.10. The fraction of sp³-hybridized carbons (Fsp3) is 0.267. The molecule has 0 amide bonds. The van der Waals surface area contributed by atoms with E-state index in [1.807, 2.05) is 13.8 Å². The molecule has 2 rings (SSSR count). The number of hydrogen-bond acceptors (Lipinski definition) is 3. The Balaban J connectivity index is 2.31. The average molecular weight is 295 g/mol. The molecule has 1 aromatic heterocycles. The van der Waals surface area contributed by atoms with Crippen LogP contribution in [0.15, 0.2) is 36.7 Å². The summed E-state index contributed by atoms with van der Waals surface area (Å²) in [5.41, 5.74) is 0.756. The van der Waals surface area contributed by atoms with Gasteiger partial charge in [-0.1, -0.05) is 18.5 Å². The first-order valence-electron chi connectivity index (χ1n) is 6.41. The maximum absolute atomic E-state index is 13.4. The van der Waals surface area contributed by atoms with Crippen LogP contribution in [-0.4, -0.2) is 11.5 Å². The zero-order valence-corrected chi connectivity index (χ0v) is 12.1. The highest BCUT2D eigenvalue weighted by Crippen LogP contribution is 2.30. The first-order chi connectivity index (χ1) is 9.60. The number of nitrogens with zero attached hydrogens (tertiary/aromatic N) is 1. The minimum Gasteiger partial charge on any atom is -0.455 e. The molecule has 3 nitrogen and oxygen atoms in total. The van der Waals surface area contributed by atoms with E-state index in [0.717, 1.165) is 12.1 Å². The van der Waals surface area contributed by atoms with E-state index in [1.165, 1.54) is 18.3 Å². The molecule has 20 heavy (non-hydrogen) atoms. The Kier molecular flexibility index (Phi) is 4.93. The van der Waals surface area contributed by atoms with Crippen LogP contribution >= 0.6 is 11.6 Å². The Labute approximate surface area is 122 Å². The number of nitrogens with one attached hydrogen (secondary N) is 1. The number of ether oxygens (including phenoxy) is 1. The van der Waals surface area contributed by atoms with Gasteiger partial charge in [0, 0.05) is 23.9 Å². The molecule has 0 aliphatic heterocycles. The van der Waals surface area contributed by atoms with Gasteiger partial charge in [0.15, 0.2) is 0 Å². The van der Waals surface area contributed by atoms with Crippen molar-refractivity contribution < 1.29 is 9.13 Å². The second-order valence-corrected chi connectivity index (χ2v) is 4.84. The number of pyridine rings is 1. The van der Waals surface area contributed by atoms with E-state index in [9.17, 15) is 4.39 Å². The maximum Gasteiger partial charge on any atom is 0.147 e. The molecule has 1 atom stereocenters. The normalized spacial score (nSPS) is 12.2. The average Bonchev–Trinajstić information content (AvgIpc) is 2.41. The highest BCUT2D eigenvalue weighted by atomic mass is 35.5. The Hall–Kier alpha value is -1.65. The minimum absolute atomic E-state index is 0.0159. The van der Waals surface area contributed by atoms with Gasteiger partial charge in [0.05, 0.1) is 11.2 Å². The molecular formula is C15H16ClFN2O. The summed E-state index contributed by atoms with van der Waals surface area (Å²) in [6, 6.07) is 6.10. The van der Waals surface area contributed by atoms with E-state index in [2.05, 4.69) is 10.3 Å². The van der Waals surface area contributed by atoms with Crippen molar-refractivity contribution in [2.75, 3.05) is 6.54 Å². The summed E-state index contributed by atoms with van der Waals surface area (Å²) >= 11 is 5.87. The van der Waals surface area contributed by atoms with Gasteiger partial charge in [0.25, 0.3) is 0 Å². The molecule has 5 heteroatoms. The lowest BCUT2D eigenvalue weighted by Crippen LogP contribution is -2.18. The van der Waals surface area contributed by atoms with Crippen LogP contribution in [0, 0.1) is 5.82 Å². The van der Waals surface area contributed by atoms with E-state index in [-0.39, 0.29) is 11.9 Å². The third kappa shape index (κ3) is 3.68. The van der Waals surface area contributed by atoms with Gasteiger partial charge in [-0.2, -0.15) is 0 Å². The molecule has 0 bridgehead atoms. The zero-order chi connectivity index (χ0) is 14.5. The summed E-state index contributed by atoms with van der Waals surface area (Å²) in [4.78, 5) is 3.96. The fourth-order valence-electron chi connectivity index (χ4n) is 1.94. The number of halogens is 2. The number of benzene rings is 1. The maximum atomic E-state index is 13.4. The van der Waals surface area contributed by atoms with Crippen molar-refractivity contribution in [2.24, 2.45) is 0 Å². The molecule has 0 saturated heterocycles. The zero-order valence-electron chi connectivity index (χ0n) is 11.4. The molecule has 0 radical (unpaired) electrons. The van der Waals surface area contributed by atoms with Crippen LogP contribution in [0.4, 0.5) is 4.39 Å². The van der Waals surface area contributed by atoms with Gasteiger partial charge in [0.2, 0.25) is 0 Å². The predicted octanol–water partition coefficient (Wildman–Crippen LogP) is 4.34. The first kappa shape index (κ1) is 14.8. The highest BCUT2D eigenvalue weighted by molar-refractivity contribution is 6.30. The molecule has 106 valence electrons. The van der Waals surface area contributed by atoms with Crippen LogP contribution < -0.4 is 10.1 Å². The van der Waals surface area contributed by atoms with Crippen LogP contribution in [0.5, 0.6) is 11.5 Å². The third-order valence-electron chi connectivity index (χ3n) is 2.86. The second-order valence-electron chi connectivity index (χ2n) is 4.40. The Morgan fingerprint density at radius 2 is 2.15 bits per heavy atom. The summed E-state index contributed by atoms with van der Waals surface area (Å²) in [7, 11) is 0. The number of hydrogen-bond donors (Lipinski definition) is 1. The van der Waals surface area contributed by atoms with Gasteiger partial charge in [0.1, 0.15) is 17.3 Å². The lowest BCUT2D eigenvalue weighted by Gasteiger charge is -2.17. The lowest BCUT2D eigenvalue weighted by molar-refractivity contribution is 0.458. The first-order valence-corrected chi connectivity index (χ1v) is 6.79. The number of aromatic nitrogens is 1. The van der Waals surface area contributed by atoms with Crippen molar-refractivity contribution in [1.29, 1.82) is 0 Å². The Morgan fingerprint density at radius 1 is 1.35 bits per heavy atom. The fourth-order valence-corrected chi connectivity index (χ4v) is 2.11. The van der Waals surface area contributed by atoms with Crippen molar-refractivity contribution in [2.45, 2.75) is 19.9 Å². The van der Waals surface area contributed by atoms with Crippen LogP contribution in [-0.2, 0) is 0 Å². The Bertz CT molecular complexity index is 592. The summed E-state index contributed by atoms with van der Waals surface area (Å²) in [6.45, 7) is 4.74. The van der Waals surface area contributed by atoms with Crippen molar-refractivity contribution >= 4 is 11.6 Å². The predicted molar refractivity (Wildman–Crippen MR) is 77.8 cm³/mol. The summed E-state index contributed by atoms with van der Waals surface area (Å²) in [5.74, 6) is 0.819. The van der Waals surface area contributed by atoms with Gasteiger partial charge < -0.3 is 10.1 Å². The van der Waals surface area contributed by atoms with E-state index >= 15 is 0 Å². The smallest absolute Gasteiger partial charge is 0.147 e.